The highest BCUT2D eigenvalue weighted by atomic mass is 16.6. The molecule has 2 rings (SSSR count). The van der Waals surface area contributed by atoms with Crippen LogP contribution in [0, 0.1) is 0 Å². The van der Waals surface area contributed by atoms with Gasteiger partial charge in [0.25, 0.3) is 0 Å². The first kappa shape index (κ1) is 20.5. The van der Waals surface area contributed by atoms with E-state index in [-0.39, 0.29) is 24.3 Å². The van der Waals surface area contributed by atoms with Crippen molar-refractivity contribution in [2.24, 2.45) is 0 Å². The summed E-state index contributed by atoms with van der Waals surface area (Å²) >= 11 is 0. The molecule has 26 heavy (non-hydrogen) atoms. The summed E-state index contributed by atoms with van der Waals surface area (Å²) in [6.45, 7) is 9.66. The Balaban J connectivity index is 2.05. The third kappa shape index (κ3) is 7.18. The van der Waals surface area contributed by atoms with Crippen LogP contribution < -0.4 is 4.74 Å². The van der Waals surface area contributed by atoms with Crippen molar-refractivity contribution in [3.8, 4) is 5.75 Å². The molecule has 0 bridgehead atoms. The maximum atomic E-state index is 11.4. The van der Waals surface area contributed by atoms with Crippen molar-refractivity contribution >= 4 is 12.0 Å². The van der Waals surface area contributed by atoms with E-state index in [0.29, 0.717) is 26.1 Å². The van der Waals surface area contributed by atoms with E-state index in [0.717, 1.165) is 23.5 Å². The number of ether oxygens (including phenoxy) is 4. The molecule has 144 valence electrons. The summed E-state index contributed by atoms with van der Waals surface area (Å²) in [6.07, 6.45) is 5.34. The van der Waals surface area contributed by atoms with Crippen LogP contribution in [0.3, 0.4) is 0 Å². The summed E-state index contributed by atoms with van der Waals surface area (Å²) in [7, 11) is 0. The molecule has 1 aliphatic rings. The molecule has 0 spiro atoms. The molecular weight excluding hydrogens is 332 g/mol. The minimum atomic E-state index is -0.167. The number of hydrogen-bond donors (Lipinski definition) is 0. The van der Waals surface area contributed by atoms with Crippen LogP contribution in [-0.4, -0.2) is 38.0 Å². The molecule has 0 aromatic heterocycles. The second-order valence-electron chi connectivity index (χ2n) is 6.63. The van der Waals surface area contributed by atoms with Gasteiger partial charge in [-0.25, -0.2) is 0 Å². The Bertz CT molecular complexity index is 604. The molecule has 1 heterocycles. The van der Waals surface area contributed by atoms with E-state index in [1.807, 2.05) is 58.0 Å². The number of hydrogen-bond acceptors (Lipinski definition) is 5. The van der Waals surface area contributed by atoms with Gasteiger partial charge in [-0.1, -0.05) is 18.2 Å². The highest BCUT2D eigenvalue weighted by Gasteiger charge is 2.24. The van der Waals surface area contributed by atoms with E-state index in [4.69, 9.17) is 18.9 Å². The number of carbonyl (C=O) groups is 1. The van der Waals surface area contributed by atoms with Gasteiger partial charge in [0.15, 0.2) is 0 Å². The molecule has 2 atom stereocenters. The van der Waals surface area contributed by atoms with Gasteiger partial charge in [0.05, 0.1) is 32.0 Å². The lowest BCUT2D eigenvalue weighted by molar-refractivity contribution is -0.142. The fourth-order valence-electron chi connectivity index (χ4n) is 2.55. The van der Waals surface area contributed by atoms with Gasteiger partial charge in [0.2, 0.25) is 0 Å². The molecule has 1 aromatic carbocycles. The van der Waals surface area contributed by atoms with Gasteiger partial charge < -0.3 is 18.9 Å². The average molecular weight is 362 g/mol. The van der Waals surface area contributed by atoms with Crippen molar-refractivity contribution in [3.05, 3.63) is 35.4 Å². The number of carbonyl (C=O) groups excluding carboxylic acids is 1. The Kier molecular flexibility index (Phi) is 8.13. The zero-order chi connectivity index (χ0) is 18.9. The molecule has 1 saturated heterocycles. The summed E-state index contributed by atoms with van der Waals surface area (Å²) in [5.41, 5.74) is 2.13. The normalized spacial score (nSPS) is 17.5. The maximum absolute atomic E-state index is 11.4. The molecule has 1 aliphatic heterocycles. The van der Waals surface area contributed by atoms with Crippen LogP contribution in [0.5, 0.6) is 5.75 Å². The van der Waals surface area contributed by atoms with E-state index in [1.54, 1.807) is 0 Å². The summed E-state index contributed by atoms with van der Waals surface area (Å²) in [4.78, 5) is 11.4. The Morgan fingerprint density at radius 1 is 1.35 bits per heavy atom. The van der Waals surface area contributed by atoms with Crippen LogP contribution in [0.2, 0.25) is 0 Å². The van der Waals surface area contributed by atoms with Crippen molar-refractivity contribution in [1.29, 1.82) is 0 Å². The third-order valence-corrected chi connectivity index (χ3v) is 3.92. The van der Waals surface area contributed by atoms with Gasteiger partial charge in [-0.05, 0) is 57.4 Å². The highest BCUT2D eigenvalue weighted by Crippen LogP contribution is 2.28. The lowest BCUT2D eigenvalue weighted by Crippen LogP contribution is -2.09. The van der Waals surface area contributed by atoms with E-state index in [2.05, 4.69) is 0 Å². The van der Waals surface area contributed by atoms with E-state index < -0.39 is 0 Å². The fourth-order valence-corrected chi connectivity index (χ4v) is 2.55. The first-order chi connectivity index (χ1) is 12.5. The summed E-state index contributed by atoms with van der Waals surface area (Å²) in [6, 6.07) is 6.02. The van der Waals surface area contributed by atoms with Crippen molar-refractivity contribution in [2.45, 2.75) is 58.8 Å². The predicted molar refractivity (Wildman–Crippen MR) is 101 cm³/mol. The molecule has 0 amide bonds. The quantitative estimate of drug-likeness (QED) is 0.434. The number of epoxide rings is 1. The van der Waals surface area contributed by atoms with Gasteiger partial charge in [0, 0.05) is 6.42 Å². The Hall–Kier alpha value is -1.85. The standard InChI is InChI=1S/C21H30O5/c1-5-23-21(22)9-7-6-8-17-10-11-18(26-15(2)3)12-20(17)16(4)24-13-19-14-25-19/h6,8,10-12,15-16,19H,5,7,9,13-14H2,1-4H3/b8-6+/t16-,19+/m1/s1. The number of benzene rings is 1. The Morgan fingerprint density at radius 2 is 2.12 bits per heavy atom. The number of esters is 1. The first-order valence-electron chi connectivity index (χ1n) is 9.35. The second-order valence-corrected chi connectivity index (χ2v) is 6.63. The van der Waals surface area contributed by atoms with Gasteiger partial charge in [-0.15, -0.1) is 0 Å². The fraction of sp³-hybridized carbons (Fsp3) is 0.571. The largest absolute Gasteiger partial charge is 0.491 e. The van der Waals surface area contributed by atoms with Crippen molar-refractivity contribution in [2.75, 3.05) is 19.8 Å². The lowest BCUT2D eigenvalue weighted by atomic mass is 10.0. The summed E-state index contributed by atoms with van der Waals surface area (Å²) < 4.78 is 21.9. The second kappa shape index (κ2) is 10.3. The summed E-state index contributed by atoms with van der Waals surface area (Å²) in [5, 5.41) is 0. The minimum Gasteiger partial charge on any atom is -0.491 e. The monoisotopic (exact) mass is 362 g/mol. The average Bonchev–Trinajstić information content (AvgIpc) is 3.41. The zero-order valence-electron chi connectivity index (χ0n) is 16.2. The van der Waals surface area contributed by atoms with Crippen LogP contribution >= 0.6 is 0 Å². The molecule has 0 aliphatic carbocycles. The third-order valence-electron chi connectivity index (χ3n) is 3.92. The topological polar surface area (TPSA) is 57.3 Å². The molecule has 1 aromatic rings. The minimum absolute atomic E-state index is 0.0698. The van der Waals surface area contributed by atoms with Crippen molar-refractivity contribution < 1.29 is 23.7 Å². The van der Waals surface area contributed by atoms with Crippen molar-refractivity contribution in [3.63, 3.8) is 0 Å². The van der Waals surface area contributed by atoms with E-state index in [9.17, 15) is 4.79 Å². The van der Waals surface area contributed by atoms with Gasteiger partial charge in [-0.2, -0.15) is 0 Å². The SMILES string of the molecule is CCOC(=O)CC/C=C/c1ccc(OC(C)C)cc1[C@@H](C)OC[C@H]1CO1. The first-order valence-corrected chi connectivity index (χ1v) is 9.35. The van der Waals surface area contributed by atoms with Crippen LogP contribution in [0.25, 0.3) is 6.08 Å². The molecular formula is C21H30O5. The smallest absolute Gasteiger partial charge is 0.306 e. The number of allylic oxidation sites excluding steroid dienone is 1. The van der Waals surface area contributed by atoms with Crippen molar-refractivity contribution in [1.82, 2.24) is 0 Å². The van der Waals surface area contributed by atoms with Crippen LogP contribution in [0.4, 0.5) is 0 Å². The van der Waals surface area contributed by atoms with Gasteiger partial charge in [-0.3, -0.25) is 4.79 Å². The van der Waals surface area contributed by atoms with Gasteiger partial charge in [0.1, 0.15) is 11.9 Å². The lowest BCUT2D eigenvalue weighted by Gasteiger charge is -2.18. The van der Waals surface area contributed by atoms with Crippen LogP contribution in [-0.2, 0) is 19.0 Å². The molecule has 0 radical (unpaired) electrons. The molecule has 5 heteroatoms. The van der Waals surface area contributed by atoms with Gasteiger partial charge >= 0.3 is 5.97 Å². The summed E-state index contributed by atoms with van der Waals surface area (Å²) in [5.74, 6) is 0.663. The number of rotatable bonds is 11. The van der Waals surface area contributed by atoms with Crippen LogP contribution in [0.15, 0.2) is 24.3 Å². The Morgan fingerprint density at radius 3 is 2.77 bits per heavy atom. The zero-order valence-corrected chi connectivity index (χ0v) is 16.2. The molecule has 5 nitrogen and oxygen atoms in total. The maximum Gasteiger partial charge on any atom is 0.306 e. The highest BCUT2D eigenvalue weighted by molar-refractivity contribution is 5.69. The predicted octanol–water partition coefficient (Wildman–Crippen LogP) is 4.31. The molecule has 0 unspecified atom stereocenters. The molecule has 0 N–H and O–H groups in total. The molecule has 0 saturated carbocycles. The van der Waals surface area contributed by atoms with Crippen LogP contribution in [0.1, 0.15) is 57.8 Å². The van der Waals surface area contributed by atoms with E-state index >= 15 is 0 Å². The Labute approximate surface area is 156 Å². The van der Waals surface area contributed by atoms with E-state index in [1.165, 1.54) is 0 Å². The molecule has 1 fully saturated rings.